The van der Waals surface area contributed by atoms with E-state index in [2.05, 4.69) is 35.5 Å². The fourth-order valence-corrected chi connectivity index (χ4v) is 8.42. The smallest absolute Gasteiger partial charge is 0.264 e. The summed E-state index contributed by atoms with van der Waals surface area (Å²) in [5.41, 5.74) is 9.07. The summed E-state index contributed by atoms with van der Waals surface area (Å²) in [7, 11) is -4.15. The number of carbonyl (C=O) groups is 2. The van der Waals surface area contributed by atoms with Gasteiger partial charge in [-0.3, -0.25) is 9.59 Å². The number of ether oxygens (including phenoxy) is 1. The van der Waals surface area contributed by atoms with Crippen molar-refractivity contribution in [2.24, 2.45) is 22.5 Å². The molecule has 238 valence electrons. The summed E-state index contributed by atoms with van der Waals surface area (Å²) in [4.78, 5) is 37.1. The zero-order valence-corrected chi connectivity index (χ0v) is 27.3. The van der Waals surface area contributed by atoms with Crippen molar-refractivity contribution in [2.45, 2.75) is 83.7 Å². The van der Waals surface area contributed by atoms with Gasteiger partial charge in [0.2, 0.25) is 17.7 Å². The minimum Gasteiger partial charge on any atom is -0.475 e. The monoisotopic (exact) mass is 631 g/mol. The molecule has 3 N–H and O–H groups in total. The van der Waals surface area contributed by atoms with E-state index in [1.54, 1.807) is 18.2 Å². The zero-order valence-electron chi connectivity index (χ0n) is 26.5. The molecule has 1 aliphatic heterocycles. The summed E-state index contributed by atoms with van der Waals surface area (Å²) < 4.78 is 36.1. The Bertz CT molecular complexity index is 1750. The van der Waals surface area contributed by atoms with Crippen LogP contribution in [-0.4, -0.2) is 53.8 Å². The quantitative estimate of drug-likeness (QED) is 0.400. The Balaban J connectivity index is 1.44. The highest BCUT2D eigenvalue weighted by atomic mass is 32.2. The third kappa shape index (κ3) is 6.14. The van der Waals surface area contributed by atoms with Crippen molar-refractivity contribution < 1.29 is 22.7 Å². The van der Waals surface area contributed by atoms with Crippen LogP contribution >= 0.6 is 0 Å². The number of benzene rings is 2. The largest absolute Gasteiger partial charge is 0.475 e. The van der Waals surface area contributed by atoms with Crippen LogP contribution in [0.3, 0.4) is 0 Å². The van der Waals surface area contributed by atoms with Gasteiger partial charge in [0.1, 0.15) is 6.61 Å². The molecule has 45 heavy (non-hydrogen) atoms. The molecule has 3 aliphatic rings. The third-order valence-corrected chi connectivity index (χ3v) is 10.8. The number of carbonyl (C=O) groups excluding carboxylic acids is 2. The van der Waals surface area contributed by atoms with Crippen molar-refractivity contribution in [2.75, 3.05) is 11.3 Å². The Labute approximate surface area is 264 Å². The Hall–Kier alpha value is -3.99. The van der Waals surface area contributed by atoms with Gasteiger partial charge in [0, 0.05) is 29.2 Å². The standard InChI is InChI=1S/C34H41N5O5S/c1-20-8-6-9-21(2)29(20)27-13-28-37-32(36-27)38-45(42,43)26-11-7-10-22(12-26)31(41)39(25(19-44-28)16-33(3,4)5)24-17-34(18-24)14-23(15-34)30(35)40/h6-13,23-25H,14-19H2,1-5H3,(H2,35,40)(H,36,37,38)/t23?,24?,25-,34?/m1/s1. The van der Waals surface area contributed by atoms with Crippen LogP contribution in [0.25, 0.3) is 11.3 Å². The second kappa shape index (κ2) is 11.1. The van der Waals surface area contributed by atoms with Gasteiger partial charge in [-0.15, -0.1) is 0 Å². The molecule has 2 aromatic carbocycles. The van der Waals surface area contributed by atoms with Crippen LogP contribution in [0.15, 0.2) is 53.4 Å². The first kappa shape index (κ1) is 31.0. The van der Waals surface area contributed by atoms with E-state index in [1.165, 1.54) is 12.1 Å². The van der Waals surface area contributed by atoms with Gasteiger partial charge >= 0.3 is 0 Å². The van der Waals surface area contributed by atoms with Crippen molar-refractivity contribution in [3.8, 4) is 17.1 Å². The van der Waals surface area contributed by atoms with Crippen molar-refractivity contribution in [3.05, 3.63) is 65.2 Å². The fourth-order valence-electron chi connectivity index (χ4n) is 7.43. The Kier molecular flexibility index (Phi) is 7.66. The van der Waals surface area contributed by atoms with Crippen LogP contribution in [0.4, 0.5) is 5.95 Å². The first-order valence-electron chi connectivity index (χ1n) is 15.5. The van der Waals surface area contributed by atoms with Crippen LogP contribution in [0.5, 0.6) is 5.88 Å². The first-order chi connectivity index (χ1) is 21.1. The van der Waals surface area contributed by atoms with Crippen LogP contribution < -0.4 is 15.2 Å². The van der Waals surface area contributed by atoms with Crippen LogP contribution in [0, 0.1) is 30.6 Å². The highest BCUT2D eigenvalue weighted by Gasteiger charge is 2.57. The lowest BCUT2D eigenvalue weighted by molar-refractivity contribution is -0.140. The van der Waals surface area contributed by atoms with Gasteiger partial charge < -0.3 is 15.4 Å². The summed E-state index contributed by atoms with van der Waals surface area (Å²) in [5.74, 6) is -0.523. The molecule has 1 atom stereocenters. The van der Waals surface area contributed by atoms with Gasteiger partial charge in [-0.1, -0.05) is 45.0 Å². The SMILES string of the molecule is Cc1cccc(C)c1-c1cc2nc(n1)NS(=O)(=O)c1cccc(c1)C(=O)N(C1CC3(CC(C(N)=O)C3)C1)[C@H](CC(C)(C)C)CO2. The molecule has 2 fully saturated rings. The van der Waals surface area contributed by atoms with Crippen molar-refractivity contribution in [3.63, 3.8) is 0 Å². The molecular weight excluding hydrogens is 590 g/mol. The van der Waals surface area contributed by atoms with Gasteiger partial charge in [-0.2, -0.15) is 4.98 Å². The number of nitrogens with zero attached hydrogens (tertiary/aromatic N) is 3. The molecule has 10 nitrogen and oxygen atoms in total. The zero-order chi connectivity index (χ0) is 32.3. The summed E-state index contributed by atoms with van der Waals surface area (Å²) >= 11 is 0. The second-order valence-electron chi connectivity index (χ2n) is 14.3. The van der Waals surface area contributed by atoms with Crippen LogP contribution in [0.1, 0.15) is 74.4 Å². The number of primary amides is 1. The maximum absolute atomic E-state index is 14.4. The molecule has 1 spiro atoms. The highest BCUT2D eigenvalue weighted by Crippen LogP contribution is 2.60. The average Bonchev–Trinajstić information content (AvgIpc) is 2.90. The maximum atomic E-state index is 14.4. The number of nitrogens with two attached hydrogens (primary N) is 1. The summed E-state index contributed by atoms with van der Waals surface area (Å²) in [6, 6.07) is 13.3. The molecule has 0 radical (unpaired) electrons. The topological polar surface area (TPSA) is 145 Å². The minimum absolute atomic E-state index is 0.00984. The Morgan fingerprint density at radius 2 is 1.71 bits per heavy atom. The van der Waals surface area contributed by atoms with E-state index in [-0.39, 0.29) is 69.5 Å². The highest BCUT2D eigenvalue weighted by molar-refractivity contribution is 7.92. The normalized spacial score (nSPS) is 25.8. The van der Waals surface area contributed by atoms with Gasteiger partial charge in [-0.05, 0) is 86.1 Å². The molecule has 1 aromatic heterocycles. The van der Waals surface area contributed by atoms with E-state index >= 15 is 0 Å². The number of anilines is 1. The molecule has 2 heterocycles. The van der Waals surface area contributed by atoms with Gasteiger partial charge in [0.05, 0.1) is 16.6 Å². The molecule has 0 saturated heterocycles. The molecule has 2 amide bonds. The Morgan fingerprint density at radius 3 is 2.36 bits per heavy atom. The van der Waals surface area contributed by atoms with Gasteiger partial charge in [-0.25, -0.2) is 18.1 Å². The molecule has 6 rings (SSSR count). The number of aromatic nitrogens is 2. The van der Waals surface area contributed by atoms with E-state index in [1.807, 2.05) is 36.9 Å². The third-order valence-electron chi connectivity index (χ3n) is 9.45. The number of hydrogen-bond acceptors (Lipinski definition) is 7. The van der Waals surface area contributed by atoms with Gasteiger partial charge in [0.15, 0.2) is 0 Å². The van der Waals surface area contributed by atoms with E-state index in [0.29, 0.717) is 12.1 Å². The number of nitrogens with one attached hydrogen (secondary N) is 1. The summed E-state index contributed by atoms with van der Waals surface area (Å²) in [6.45, 7) is 10.5. The van der Waals surface area contributed by atoms with E-state index in [0.717, 1.165) is 42.4 Å². The van der Waals surface area contributed by atoms with E-state index < -0.39 is 10.0 Å². The number of amides is 2. The predicted molar refractivity (Wildman–Crippen MR) is 171 cm³/mol. The first-order valence-corrected chi connectivity index (χ1v) is 16.9. The number of hydrogen-bond donors (Lipinski definition) is 2. The maximum Gasteiger partial charge on any atom is 0.264 e. The van der Waals surface area contributed by atoms with E-state index in [4.69, 9.17) is 10.5 Å². The van der Waals surface area contributed by atoms with Crippen LogP contribution in [-0.2, 0) is 14.8 Å². The summed E-state index contributed by atoms with van der Waals surface area (Å²) in [5, 5.41) is 0. The molecule has 0 unspecified atom stereocenters. The van der Waals surface area contributed by atoms with Crippen molar-refractivity contribution in [1.82, 2.24) is 14.9 Å². The molecular formula is C34H41N5O5S. The lowest BCUT2D eigenvalue weighted by atomic mass is 9.49. The number of aryl methyl sites for hydroxylation is 2. The average molecular weight is 632 g/mol. The number of rotatable bonds is 4. The second-order valence-corrected chi connectivity index (χ2v) is 16.0. The number of sulfonamides is 1. The molecule has 11 heteroatoms. The summed E-state index contributed by atoms with van der Waals surface area (Å²) in [6.07, 6.45) is 3.65. The Morgan fingerprint density at radius 1 is 1.04 bits per heavy atom. The lowest BCUT2D eigenvalue weighted by Gasteiger charge is -2.60. The molecule has 3 aromatic rings. The van der Waals surface area contributed by atoms with Crippen LogP contribution in [0.2, 0.25) is 0 Å². The predicted octanol–water partition coefficient (Wildman–Crippen LogP) is 5.24. The molecule has 2 aliphatic carbocycles. The van der Waals surface area contributed by atoms with Crippen molar-refractivity contribution in [1.29, 1.82) is 0 Å². The fraction of sp³-hybridized carbons (Fsp3) is 0.471. The van der Waals surface area contributed by atoms with Gasteiger partial charge in [0.25, 0.3) is 15.9 Å². The molecule has 2 saturated carbocycles. The molecule has 4 bridgehead atoms. The minimum atomic E-state index is -4.15. The van der Waals surface area contributed by atoms with Crippen molar-refractivity contribution >= 4 is 27.8 Å². The lowest BCUT2D eigenvalue weighted by Crippen LogP contribution is -2.62. The number of fused-ring (bicyclic) bond motifs is 4. The van der Waals surface area contributed by atoms with E-state index in [9.17, 15) is 18.0 Å².